The summed E-state index contributed by atoms with van der Waals surface area (Å²) >= 11 is 0. The van der Waals surface area contributed by atoms with Crippen molar-refractivity contribution in [1.29, 1.82) is 0 Å². The maximum absolute atomic E-state index is 6.27. The topological polar surface area (TPSA) is 77.4 Å². The number of aryl methyl sites for hydroxylation is 4. The van der Waals surface area contributed by atoms with E-state index in [4.69, 9.17) is 14.9 Å². The number of hydrogen-bond donors (Lipinski definition) is 1. The van der Waals surface area contributed by atoms with Gasteiger partial charge in [0.1, 0.15) is 29.3 Å². The van der Waals surface area contributed by atoms with Crippen LogP contribution in [0, 0.1) is 27.7 Å². The smallest absolute Gasteiger partial charge is 0.231 e. The number of rotatable bonds is 4. The Hall–Kier alpha value is -2.60. The average Bonchev–Trinajstić information content (AvgIpc) is 2.94. The van der Waals surface area contributed by atoms with Gasteiger partial charge in [-0.1, -0.05) is 12.1 Å². The Kier molecular flexibility index (Phi) is 4.98. The molecule has 1 aliphatic heterocycles. The minimum absolute atomic E-state index is 0.251. The maximum Gasteiger partial charge on any atom is 0.231 e. The number of piperidine rings is 1. The van der Waals surface area contributed by atoms with Crippen LogP contribution in [0.3, 0.4) is 0 Å². The van der Waals surface area contributed by atoms with Gasteiger partial charge in [0, 0.05) is 18.7 Å². The van der Waals surface area contributed by atoms with Crippen molar-refractivity contribution in [3.05, 3.63) is 46.5 Å². The van der Waals surface area contributed by atoms with Crippen molar-refractivity contribution in [2.75, 3.05) is 18.8 Å². The molecular weight excluding hydrogens is 352 g/mol. The minimum Gasteiger partial charge on any atom is -0.490 e. The molecule has 2 N–H and O–H groups in total. The zero-order chi connectivity index (χ0) is 19.8. The number of benzene rings is 1. The first-order valence-electron chi connectivity index (χ1n) is 9.89. The zero-order valence-electron chi connectivity index (χ0n) is 17.1. The summed E-state index contributed by atoms with van der Waals surface area (Å²) in [5.74, 6) is 3.07. The molecule has 3 heterocycles. The molecule has 0 radical (unpaired) electrons. The van der Waals surface area contributed by atoms with Crippen molar-refractivity contribution >= 4 is 16.9 Å². The van der Waals surface area contributed by atoms with Gasteiger partial charge in [0.15, 0.2) is 0 Å². The molecule has 1 aromatic carbocycles. The minimum atomic E-state index is 0.251. The lowest BCUT2D eigenvalue weighted by Crippen LogP contribution is -2.38. The molecular formula is C22H28N4O2. The highest BCUT2D eigenvalue weighted by Crippen LogP contribution is 2.28. The second-order valence-corrected chi connectivity index (χ2v) is 7.85. The van der Waals surface area contributed by atoms with Crippen LogP contribution in [0.1, 0.15) is 41.1 Å². The second-order valence-electron chi connectivity index (χ2n) is 7.85. The van der Waals surface area contributed by atoms with Gasteiger partial charge < -0.3 is 14.9 Å². The maximum atomic E-state index is 6.27. The van der Waals surface area contributed by atoms with Crippen LogP contribution < -0.4 is 10.5 Å². The van der Waals surface area contributed by atoms with E-state index in [2.05, 4.69) is 46.9 Å². The van der Waals surface area contributed by atoms with Gasteiger partial charge in [0.2, 0.25) is 5.71 Å². The summed E-state index contributed by atoms with van der Waals surface area (Å²) in [4.78, 5) is 11.5. The summed E-state index contributed by atoms with van der Waals surface area (Å²) < 4.78 is 12.0. The van der Waals surface area contributed by atoms with Gasteiger partial charge in [-0.25, -0.2) is 4.98 Å². The highest BCUT2D eigenvalue weighted by Gasteiger charge is 2.23. The van der Waals surface area contributed by atoms with Crippen LogP contribution in [0.2, 0.25) is 0 Å². The summed E-state index contributed by atoms with van der Waals surface area (Å²) in [5.41, 5.74) is 10.2. The van der Waals surface area contributed by atoms with E-state index in [1.165, 1.54) is 11.1 Å². The van der Waals surface area contributed by atoms with Crippen molar-refractivity contribution in [2.45, 2.75) is 53.2 Å². The average molecular weight is 380 g/mol. The molecule has 0 spiro atoms. The first kappa shape index (κ1) is 18.7. The highest BCUT2D eigenvalue weighted by molar-refractivity contribution is 5.88. The fourth-order valence-corrected chi connectivity index (χ4v) is 3.80. The molecule has 4 rings (SSSR count). The molecule has 0 aliphatic carbocycles. The van der Waals surface area contributed by atoms with Crippen LogP contribution in [0.4, 0.5) is 5.82 Å². The van der Waals surface area contributed by atoms with Crippen LogP contribution in [-0.4, -0.2) is 34.1 Å². The SMILES string of the molecule is Cc1ccc(C)c(OC2CCN(Cc3nc(N)c4c(C)c(C)oc4n3)CC2)c1. The molecule has 1 aliphatic rings. The third-order valence-electron chi connectivity index (χ3n) is 5.64. The summed E-state index contributed by atoms with van der Waals surface area (Å²) in [6.07, 6.45) is 2.23. The number of ether oxygens (including phenoxy) is 1. The summed E-state index contributed by atoms with van der Waals surface area (Å²) in [6, 6.07) is 6.37. The fraction of sp³-hybridized carbons (Fsp3) is 0.455. The molecule has 0 amide bonds. The van der Waals surface area contributed by atoms with E-state index in [9.17, 15) is 0 Å². The molecule has 0 atom stereocenters. The molecule has 28 heavy (non-hydrogen) atoms. The van der Waals surface area contributed by atoms with Crippen molar-refractivity contribution in [3.63, 3.8) is 0 Å². The van der Waals surface area contributed by atoms with E-state index in [1.54, 1.807) is 0 Å². The number of nitrogens with zero attached hydrogens (tertiary/aromatic N) is 3. The van der Waals surface area contributed by atoms with Crippen LogP contribution in [0.15, 0.2) is 22.6 Å². The fourth-order valence-electron chi connectivity index (χ4n) is 3.80. The van der Waals surface area contributed by atoms with Gasteiger partial charge in [-0.15, -0.1) is 0 Å². The Morgan fingerprint density at radius 3 is 2.64 bits per heavy atom. The van der Waals surface area contributed by atoms with Gasteiger partial charge in [0.05, 0.1) is 11.9 Å². The van der Waals surface area contributed by atoms with E-state index in [0.29, 0.717) is 23.9 Å². The normalized spacial score (nSPS) is 16.0. The number of fused-ring (bicyclic) bond motifs is 1. The quantitative estimate of drug-likeness (QED) is 0.735. The Morgan fingerprint density at radius 2 is 1.89 bits per heavy atom. The van der Waals surface area contributed by atoms with E-state index in [-0.39, 0.29) is 6.10 Å². The Balaban J connectivity index is 1.39. The summed E-state index contributed by atoms with van der Waals surface area (Å²) in [5, 5.41) is 0.835. The van der Waals surface area contributed by atoms with E-state index in [0.717, 1.165) is 48.4 Å². The van der Waals surface area contributed by atoms with Gasteiger partial charge in [-0.3, -0.25) is 4.90 Å². The van der Waals surface area contributed by atoms with Crippen LogP contribution >= 0.6 is 0 Å². The van der Waals surface area contributed by atoms with Gasteiger partial charge >= 0.3 is 0 Å². The molecule has 6 heteroatoms. The molecule has 0 unspecified atom stereocenters. The van der Waals surface area contributed by atoms with Crippen molar-refractivity contribution in [3.8, 4) is 5.75 Å². The third kappa shape index (κ3) is 3.69. The van der Waals surface area contributed by atoms with E-state index < -0.39 is 0 Å². The molecule has 1 saturated heterocycles. The van der Waals surface area contributed by atoms with Gasteiger partial charge in [-0.2, -0.15) is 4.98 Å². The van der Waals surface area contributed by atoms with E-state index >= 15 is 0 Å². The number of likely N-dealkylation sites (tertiary alicyclic amines) is 1. The Labute approximate surface area is 165 Å². The lowest BCUT2D eigenvalue weighted by atomic mass is 10.1. The van der Waals surface area contributed by atoms with Crippen molar-refractivity contribution < 1.29 is 9.15 Å². The summed E-state index contributed by atoms with van der Waals surface area (Å²) in [7, 11) is 0. The van der Waals surface area contributed by atoms with Gasteiger partial charge in [-0.05, 0) is 57.7 Å². The van der Waals surface area contributed by atoms with Gasteiger partial charge in [0.25, 0.3) is 0 Å². The second kappa shape index (κ2) is 7.43. The molecule has 2 aromatic heterocycles. The molecule has 148 valence electrons. The Bertz CT molecular complexity index is 1000. The monoisotopic (exact) mass is 380 g/mol. The zero-order valence-corrected chi connectivity index (χ0v) is 17.1. The van der Waals surface area contributed by atoms with E-state index in [1.807, 2.05) is 13.8 Å². The third-order valence-corrected chi connectivity index (χ3v) is 5.64. The molecule has 1 fully saturated rings. The molecule has 0 saturated carbocycles. The highest BCUT2D eigenvalue weighted by atomic mass is 16.5. The largest absolute Gasteiger partial charge is 0.490 e. The van der Waals surface area contributed by atoms with Crippen LogP contribution in [0.25, 0.3) is 11.1 Å². The summed E-state index contributed by atoms with van der Waals surface area (Å²) in [6.45, 7) is 10.7. The number of nitrogens with two attached hydrogens (primary N) is 1. The number of nitrogen functional groups attached to an aromatic ring is 1. The predicted octanol–water partition coefficient (Wildman–Crippen LogP) is 4.08. The Morgan fingerprint density at radius 1 is 1.14 bits per heavy atom. The van der Waals surface area contributed by atoms with Crippen molar-refractivity contribution in [2.24, 2.45) is 0 Å². The number of hydrogen-bond acceptors (Lipinski definition) is 6. The van der Waals surface area contributed by atoms with Crippen molar-refractivity contribution in [1.82, 2.24) is 14.9 Å². The van der Waals surface area contributed by atoms with Crippen LogP contribution in [-0.2, 0) is 6.54 Å². The molecule has 0 bridgehead atoms. The first-order chi connectivity index (χ1) is 13.4. The lowest BCUT2D eigenvalue weighted by Gasteiger charge is -2.32. The lowest BCUT2D eigenvalue weighted by molar-refractivity contribution is 0.0948. The van der Waals surface area contributed by atoms with Crippen LogP contribution in [0.5, 0.6) is 5.75 Å². The number of anilines is 1. The standard InChI is InChI=1S/C22H28N4O2/c1-13-5-6-14(2)18(11-13)28-17-7-9-26(10-8-17)12-19-24-21(23)20-15(3)16(4)27-22(20)25-19/h5-6,11,17H,7-10,12H2,1-4H3,(H2,23,24,25). The number of furan rings is 1. The first-order valence-corrected chi connectivity index (χ1v) is 9.89. The predicted molar refractivity (Wildman–Crippen MR) is 111 cm³/mol. The number of aromatic nitrogens is 2. The molecule has 6 nitrogen and oxygen atoms in total. The molecule has 3 aromatic rings.